The predicted octanol–water partition coefficient (Wildman–Crippen LogP) is 3.39. The topological polar surface area (TPSA) is 0 Å². The van der Waals surface area contributed by atoms with Gasteiger partial charge in [-0.05, 0) is 0 Å². The molecule has 0 N–H and O–H groups in total. The summed E-state index contributed by atoms with van der Waals surface area (Å²) in [7, 11) is 0. The normalized spacial score (nSPS) is 6.67. The molecule has 12 heavy (non-hydrogen) atoms. The molecule has 0 bridgehead atoms. The van der Waals surface area contributed by atoms with E-state index in [1.54, 1.807) is 0 Å². The average molecular weight is 259 g/mol. The number of hydrogen-bond acceptors (Lipinski definition) is 0. The third-order valence-electron chi connectivity index (χ3n) is 1.11. The number of halogens is 1. The van der Waals surface area contributed by atoms with Crippen molar-refractivity contribution in [2.45, 2.75) is 0 Å². The Kier molecular flexibility index (Phi) is 13.1. The number of rotatable bonds is 0. The van der Waals surface area contributed by atoms with Crippen molar-refractivity contribution in [1.82, 2.24) is 0 Å². The van der Waals surface area contributed by atoms with Gasteiger partial charge in [0.1, 0.15) is 0 Å². The molecule has 0 amide bonds. The molecule has 0 radical (unpaired) electrons. The second-order valence-electron chi connectivity index (χ2n) is 1.92. The molecule has 0 spiro atoms. The monoisotopic (exact) mass is 258 g/mol. The van der Waals surface area contributed by atoms with Crippen LogP contribution in [0.25, 0.3) is 0 Å². The Morgan fingerprint density at radius 2 is 1.00 bits per heavy atom. The van der Waals surface area contributed by atoms with E-state index in [4.69, 9.17) is 0 Å². The molecular weight excluding hydrogens is 248 g/mol. The van der Waals surface area contributed by atoms with Gasteiger partial charge in [-0.3, -0.25) is 0 Å². The Morgan fingerprint density at radius 3 is 1.17 bits per heavy atom. The predicted molar refractivity (Wildman–Crippen MR) is 54.4 cm³/mol. The number of hydrogen-bond donors (Lipinski definition) is 0. The summed E-state index contributed by atoms with van der Waals surface area (Å²) in [5, 5.41) is 0. The molecule has 2 aromatic carbocycles. The van der Waals surface area contributed by atoms with Crippen LogP contribution in [0.3, 0.4) is 0 Å². The van der Waals surface area contributed by atoms with Crippen LogP contribution in [-0.4, -0.2) is 0 Å². The first kappa shape index (κ1) is 14.4. The van der Waals surface area contributed by atoms with Gasteiger partial charge in [0.15, 0.2) is 0 Å². The molecule has 2 heteroatoms. The quantitative estimate of drug-likeness (QED) is 0.502. The third kappa shape index (κ3) is 8.00. The second-order valence-corrected chi connectivity index (χ2v) is 1.92. The third-order valence-corrected chi connectivity index (χ3v) is 1.11. The van der Waals surface area contributed by atoms with Crippen molar-refractivity contribution in [3.63, 3.8) is 0 Å². The van der Waals surface area contributed by atoms with E-state index >= 15 is 0 Å². The molecule has 0 aromatic heterocycles. The zero-order valence-electron chi connectivity index (χ0n) is 6.68. The second kappa shape index (κ2) is 10.9. The first-order chi connectivity index (χ1) is 5.00. The SMILES string of the molecule is Br.[Ti].[cH-]1[cH-][cH-][cH-][cH-]1.c1cc[cH-]c1. The molecule has 0 saturated heterocycles. The van der Waals surface area contributed by atoms with Crippen LogP contribution in [0.5, 0.6) is 0 Å². The van der Waals surface area contributed by atoms with E-state index in [1.807, 2.05) is 60.7 Å². The zero-order chi connectivity index (χ0) is 7.07. The average Bonchev–Trinajstić information content (AvgIpc) is 2.67. The maximum atomic E-state index is 2.00. The first-order valence-corrected chi connectivity index (χ1v) is 3.33. The van der Waals surface area contributed by atoms with Gasteiger partial charge in [0.25, 0.3) is 0 Å². The summed E-state index contributed by atoms with van der Waals surface area (Å²) < 4.78 is 0. The molecule has 2 aromatic rings. The van der Waals surface area contributed by atoms with Crippen molar-refractivity contribution < 1.29 is 21.7 Å². The van der Waals surface area contributed by atoms with Crippen LogP contribution < -0.4 is 0 Å². The van der Waals surface area contributed by atoms with Crippen LogP contribution in [0.2, 0.25) is 0 Å². The van der Waals surface area contributed by atoms with Crippen LogP contribution in [-0.2, 0) is 21.7 Å². The van der Waals surface area contributed by atoms with Crippen LogP contribution >= 0.6 is 17.0 Å². The fraction of sp³-hybridized carbons (Fsp3) is 0. The van der Waals surface area contributed by atoms with E-state index in [1.165, 1.54) is 0 Å². The van der Waals surface area contributed by atoms with E-state index in [0.717, 1.165) is 0 Å². The minimum absolute atomic E-state index is 0. The molecular formula is C10H11BrTi-6. The van der Waals surface area contributed by atoms with Crippen LogP contribution in [0.15, 0.2) is 60.7 Å². The fourth-order valence-corrected chi connectivity index (χ4v) is 0.642. The smallest absolute Gasteiger partial charge is 0 e. The van der Waals surface area contributed by atoms with Crippen molar-refractivity contribution in [1.29, 1.82) is 0 Å². The molecule has 2 rings (SSSR count). The molecule has 0 heterocycles. The van der Waals surface area contributed by atoms with Gasteiger partial charge in [-0.2, -0.15) is 18.2 Å². The largest absolute Gasteiger partial charge is 0.748 e. The Morgan fingerprint density at radius 1 is 0.667 bits per heavy atom. The van der Waals surface area contributed by atoms with E-state index in [0.29, 0.717) is 0 Å². The summed E-state index contributed by atoms with van der Waals surface area (Å²) in [6.07, 6.45) is 0. The first-order valence-electron chi connectivity index (χ1n) is 3.33. The minimum atomic E-state index is 0. The Hall–Kier alpha value is -0.106. The molecule has 0 unspecified atom stereocenters. The van der Waals surface area contributed by atoms with Gasteiger partial charge in [0.2, 0.25) is 0 Å². The van der Waals surface area contributed by atoms with Crippen molar-refractivity contribution in [2.75, 3.05) is 0 Å². The summed E-state index contributed by atoms with van der Waals surface area (Å²) in [6.45, 7) is 0. The van der Waals surface area contributed by atoms with E-state index < -0.39 is 0 Å². The van der Waals surface area contributed by atoms with Gasteiger partial charge in [-0.25, -0.2) is 12.1 Å². The van der Waals surface area contributed by atoms with Crippen LogP contribution in [0.4, 0.5) is 0 Å². The fourth-order valence-electron chi connectivity index (χ4n) is 0.642. The maximum Gasteiger partial charge on any atom is 0 e. The summed E-state index contributed by atoms with van der Waals surface area (Å²) in [5.74, 6) is 0. The van der Waals surface area contributed by atoms with E-state index in [-0.39, 0.29) is 38.7 Å². The molecule has 68 valence electrons. The van der Waals surface area contributed by atoms with Crippen molar-refractivity contribution in [2.24, 2.45) is 0 Å². The molecule has 0 aliphatic heterocycles. The van der Waals surface area contributed by atoms with Crippen molar-refractivity contribution in [3.8, 4) is 0 Å². The van der Waals surface area contributed by atoms with E-state index in [9.17, 15) is 0 Å². The Labute approximate surface area is 99.0 Å². The van der Waals surface area contributed by atoms with Crippen molar-refractivity contribution in [3.05, 3.63) is 60.7 Å². The Balaban J connectivity index is 0. The molecule has 0 fully saturated rings. The molecule has 0 atom stereocenters. The Bertz CT molecular complexity index is 149. The van der Waals surface area contributed by atoms with Gasteiger partial charge in [-0.15, -0.1) is 17.0 Å². The molecule has 0 nitrogen and oxygen atoms in total. The van der Waals surface area contributed by atoms with Gasteiger partial charge >= 0.3 is 0 Å². The maximum absolute atomic E-state index is 2.00. The standard InChI is InChI=1S/2C5H5.BrH.Ti/c2*1-2-4-5-3-1;;/h2*1-5H;1H;/q-5;-1;;. The zero-order valence-corrected chi connectivity index (χ0v) is 9.96. The summed E-state index contributed by atoms with van der Waals surface area (Å²) >= 11 is 0. The van der Waals surface area contributed by atoms with Crippen LogP contribution in [0.1, 0.15) is 0 Å². The molecule has 0 saturated carbocycles. The van der Waals surface area contributed by atoms with Crippen molar-refractivity contribution >= 4 is 17.0 Å². The van der Waals surface area contributed by atoms with Gasteiger partial charge in [-0.1, -0.05) is 0 Å². The summed E-state index contributed by atoms with van der Waals surface area (Å²) in [4.78, 5) is 0. The van der Waals surface area contributed by atoms with E-state index in [2.05, 4.69) is 0 Å². The van der Waals surface area contributed by atoms with Gasteiger partial charge in [0.05, 0.1) is 0 Å². The van der Waals surface area contributed by atoms with Gasteiger partial charge in [0, 0.05) is 21.7 Å². The van der Waals surface area contributed by atoms with Crippen LogP contribution in [0, 0.1) is 0 Å². The molecule has 0 aliphatic rings. The minimum Gasteiger partial charge on any atom is -0.748 e. The van der Waals surface area contributed by atoms with Gasteiger partial charge < -0.3 is 30.3 Å². The summed E-state index contributed by atoms with van der Waals surface area (Å²) in [5.41, 5.74) is 0. The molecule has 0 aliphatic carbocycles. The summed E-state index contributed by atoms with van der Waals surface area (Å²) in [6, 6.07) is 20.0.